The van der Waals surface area contributed by atoms with E-state index >= 15 is 0 Å². The monoisotopic (exact) mass is 466 g/mol. The van der Waals surface area contributed by atoms with Gasteiger partial charge in [-0.25, -0.2) is 4.90 Å². The highest BCUT2D eigenvalue weighted by molar-refractivity contribution is 6.35. The highest BCUT2D eigenvalue weighted by Gasteiger charge is 2.74. The lowest BCUT2D eigenvalue weighted by atomic mass is 9.75. The number of imide groups is 1. The fraction of sp³-hybridized carbons (Fsp3) is 0.348. The number of halogens is 1. The number of anilines is 2. The summed E-state index contributed by atoms with van der Waals surface area (Å²) in [6.07, 6.45) is 1.49. The molecule has 4 aliphatic rings. The molecule has 9 nitrogen and oxygen atoms in total. The molecule has 4 aliphatic heterocycles. The molecule has 0 aromatic heterocycles. The van der Waals surface area contributed by atoms with Crippen LogP contribution in [0.4, 0.5) is 17.1 Å². The van der Waals surface area contributed by atoms with Crippen LogP contribution >= 0.6 is 11.6 Å². The first kappa shape index (κ1) is 20.3. The van der Waals surface area contributed by atoms with Crippen molar-refractivity contribution < 1.29 is 19.3 Å². The van der Waals surface area contributed by atoms with Crippen LogP contribution in [0.5, 0.6) is 0 Å². The van der Waals surface area contributed by atoms with Crippen molar-refractivity contribution in [3.05, 3.63) is 62.7 Å². The largest absolute Gasteiger partial charge is 0.323 e. The number of benzene rings is 2. The van der Waals surface area contributed by atoms with E-state index in [-0.39, 0.29) is 23.3 Å². The van der Waals surface area contributed by atoms with E-state index in [1.54, 1.807) is 25.1 Å². The highest BCUT2D eigenvalue weighted by Crippen LogP contribution is 2.61. The molecular formula is C23H19ClN4O5. The fourth-order valence-electron chi connectivity index (χ4n) is 6.38. The molecule has 10 heteroatoms. The third-order valence-electron chi connectivity index (χ3n) is 7.62. The summed E-state index contributed by atoms with van der Waals surface area (Å²) in [4.78, 5) is 55.2. The minimum absolute atomic E-state index is 0.193. The second kappa shape index (κ2) is 6.61. The molecule has 0 bridgehead atoms. The zero-order valence-corrected chi connectivity index (χ0v) is 18.3. The van der Waals surface area contributed by atoms with Crippen LogP contribution in [0.1, 0.15) is 24.0 Å². The quantitative estimate of drug-likeness (QED) is 0.413. The molecule has 0 saturated carbocycles. The second-order valence-corrected chi connectivity index (χ2v) is 9.44. The van der Waals surface area contributed by atoms with E-state index in [1.165, 1.54) is 18.2 Å². The predicted molar refractivity (Wildman–Crippen MR) is 119 cm³/mol. The van der Waals surface area contributed by atoms with Crippen LogP contribution in [0, 0.1) is 28.9 Å². The van der Waals surface area contributed by atoms with Gasteiger partial charge < -0.3 is 5.32 Å². The van der Waals surface area contributed by atoms with Gasteiger partial charge in [0.15, 0.2) is 0 Å². The number of fused-ring (bicyclic) bond motifs is 7. The van der Waals surface area contributed by atoms with Crippen LogP contribution in [-0.2, 0) is 19.9 Å². The van der Waals surface area contributed by atoms with Crippen LogP contribution in [-0.4, -0.2) is 40.1 Å². The number of carbonyl (C=O) groups is 3. The van der Waals surface area contributed by atoms with Gasteiger partial charge in [-0.1, -0.05) is 29.8 Å². The summed E-state index contributed by atoms with van der Waals surface area (Å²) in [6, 6.07) is 9.05. The number of aryl methyl sites for hydroxylation is 1. The Hall–Kier alpha value is -3.30. The molecule has 3 saturated heterocycles. The topological polar surface area (TPSA) is 113 Å². The van der Waals surface area contributed by atoms with Crippen molar-refractivity contribution in [1.29, 1.82) is 0 Å². The van der Waals surface area contributed by atoms with Gasteiger partial charge in [0.2, 0.25) is 11.8 Å². The minimum atomic E-state index is -1.33. The van der Waals surface area contributed by atoms with Crippen molar-refractivity contribution in [2.24, 2.45) is 11.8 Å². The molecule has 1 spiro atoms. The Morgan fingerprint density at radius 3 is 2.73 bits per heavy atom. The number of carbonyl (C=O) groups excluding carboxylic acids is 3. The van der Waals surface area contributed by atoms with Crippen molar-refractivity contribution in [2.45, 2.75) is 31.3 Å². The number of non-ortho nitro benzene ring substituents is 1. The summed E-state index contributed by atoms with van der Waals surface area (Å²) in [5.41, 5.74) is 0.305. The number of nitro groups is 1. The van der Waals surface area contributed by atoms with Gasteiger partial charge in [0, 0.05) is 23.7 Å². The average Bonchev–Trinajstić information content (AvgIpc) is 3.48. The Morgan fingerprint density at radius 1 is 1.18 bits per heavy atom. The number of hydrogen-bond donors (Lipinski definition) is 1. The fourth-order valence-corrected chi connectivity index (χ4v) is 6.61. The standard InChI is InChI=1S/C23H19ClN4O5/c1-11-7-8-12(28(32)33)10-16(11)27-20(29)17-15-6-3-9-26(15)23(18(17)21(27)30)13-4-2-5-14(24)19(13)25-22(23)31/h2,4-5,7-8,10,15,17-18H,3,6,9H2,1H3,(H,25,31). The smallest absolute Gasteiger partial charge is 0.271 e. The van der Waals surface area contributed by atoms with Gasteiger partial charge in [-0.2, -0.15) is 0 Å². The van der Waals surface area contributed by atoms with E-state index in [0.717, 1.165) is 11.3 Å². The van der Waals surface area contributed by atoms with Gasteiger partial charge >= 0.3 is 0 Å². The maximum absolute atomic E-state index is 14.0. The first-order valence-corrected chi connectivity index (χ1v) is 11.2. The lowest BCUT2D eigenvalue weighted by Gasteiger charge is -2.36. The lowest BCUT2D eigenvalue weighted by molar-refractivity contribution is -0.384. The van der Waals surface area contributed by atoms with E-state index in [0.29, 0.717) is 34.8 Å². The molecular weight excluding hydrogens is 448 g/mol. The summed E-state index contributed by atoms with van der Waals surface area (Å²) in [7, 11) is 0. The van der Waals surface area contributed by atoms with Gasteiger partial charge in [0.05, 0.1) is 33.2 Å². The molecule has 4 heterocycles. The zero-order chi connectivity index (χ0) is 23.2. The number of nitrogens with zero attached hydrogens (tertiary/aromatic N) is 3. The van der Waals surface area contributed by atoms with Crippen molar-refractivity contribution >= 4 is 46.4 Å². The normalized spacial score (nSPS) is 30.1. The summed E-state index contributed by atoms with van der Waals surface area (Å²) in [5.74, 6) is -2.93. The zero-order valence-electron chi connectivity index (χ0n) is 17.6. The maximum Gasteiger partial charge on any atom is 0.271 e. The molecule has 0 radical (unpaired) electrons. The number of nitro benzene ring substituents is 1. The first-order valence-electron chi connectivity index (χ1n) is 10.8. The molecule has 3 fully saturated rings. The summed E-state index contributed by atoms with van der Waals surface area (Å²) < 4.78 is 0. The summed E-state index contributed by atoms with van der Waals surface area (Å²) in [6.45, 7) is 2.29. The van der Waals surface area contributed by atoms with Crippen molar-refractivity contribution in [1.82, 2.24) is 4.90 Å². The van der Waals surface area contributed by atoms with Crippen LogP contribution in [0.15, 0.2) is 36.4 Å². The van der Waals surface area contributed by atoms with E-state index < -0.39 is 34.1 Å². The highest BCUT2D eigenvalue weighted by atomic mass is 35.5. The molecule has 2 aromatic rings. The third kappa shape index (κ3) is 2.33. The predicted octanol–water partition coefficient (Wildman–Crippen LogP) is 2.99. The van der Waals surface area contributed by atoms with Crippen LogP contribution in [0.3, 0.4) is 0 Å². The van der Waals surface area contributed by atoms with Crippen molar-refractivity contribution in [3.8, 4) is 0 Å². The van der Waals surface area contributed by atoms with Crippen LogP contribution in [0.25, 0.3) is 0 Å². The van der Waals surface area contributed by atoms with E-state index in [9.17, 15) is 24.5 Å². The van der Waals surface area contributed by atoms with Gasteiger partial charge in [0.1, 0.15) is 5.54 Å². The van der Waals surface area contributed by atoms with E-state index in [4.69, 9.17) is 11.6 Å². The van der Waals surface area contributed by atoms with Gasteiger partial charge in [-0.05, 0) is 37.9 Å². The molecule has 33 heavy (non-hydrogen) atoms. The molecule has 6 rings (SSSR count). The summed E-state index contributed by atoms with van der Waals surface area (Å²) in [5, 5.41) is 14.6. The molecule has 4 atom stereocenters. The Balaban J connectivity index is 1.56. The molecule has 2 aromatic carbocycles. The molecule has 168 valence electrons. The van der Waals surface area contributed by atoms with Crippen LogP contribution in [0.2, 0.25) is 5.02 Å². The Labute approximate surface area is 193 Å². The van der Waals surface area contributed by atoms with E-state index in [2.05, 4.69) is 5.32 Å². The second-order valence-electron chi connectivity index (χ2n) is 9.03. The Bertz CT molecular complexity index is 1300. The number of nitrogens with one attached hydrogen (secondary N) is 1. The van der Waals surface area contributed by atoms with Gasteiger partial charge in [-0.3, -0.25) is 29.4 Å². The third-order valence-corrected chi connectivity index (χ3v) is 7.94. The SMILES string of the molecule is Cc1ccc([N+](=O)[O-])cc1N1C(=O)C2C3CCCN3C3(C(=O)Nc4c(Cl)cccc43)C2C1=O. The maximum atomic E-state index is 14.0. The molecule has 4 unspecified atom stereocenters. The van der Waals surface area contributed by atoms with Gasteiger partial charge in [-0.15, -0.1) is 0 Å². The molecule has 1 N–H and O–H groups in total. The average molecular weight is 467 g/mol. The number of amides is 3. The number of para-hydroxylation sites is 1. The molecule has 0 aliphatic carbocycles. The van der Waals surface area contributed by atoms with E-state index in [1.807, 2.05) is 4.90 Å². The number of hydrogen-bond acceptors (Lipinski definition) is 6. The van der Waals surface area contributed by atoms with Gasteiger partial charge in [0.25, 0.3) is 11.6 Å². The summed E-state index contributed by atoms with van der Waals surface area (Å²) >= 11 is 6.38. The number of rotatable bonds is 2. The minimum Gasteiger partial charge on any atom is -0.323 e. The van der Waals surface area contributed by atoms with Crippen molar-refractivity contribution in [3.63, 3.8) is 0 Å². The lowest BCUT2D eigenvalue weighted by Crippen LogP contribution is -2.54. The van der Waals surface area contributed by atoms with Crippen LogP contribution < -0.4 is 10.2 Å². The first-order chi connectivity index (χ1) is 15.8. The Morgan fingerprint density at radius 2 is 1.97 bits per heavy atom. The van der Waals surface area contributed by atoms with Crippen molar-refractivity contribution in [2.75, 3.05) is 16.8 Å². The Kier molecular flexibility index (Phi) is 4.07. The molecule has 3 amide bonds.